The third-order valence-corrected chi connectivity index (χ3v) is 4.96. The normalized spacial score (nSPS) is 13.6. The van der Waals surface area contributed by atoms with Crippen LogP contribution in [-0.4, -0.2) is 22.0 Å². The average Bonchev–Trinajstić information content (AvgIpc) is 3.26. The molecule has 2 amide bonds. The first-order chi connectivity index (χ1) is 14.1. The van der Waals surface area contributed by atoms with Crippen LogP contribution < -0.4 is 4.90 Å². The fourth-order valence-electron chi connectivity index (χ4n) is 3.58. The second-order valence-corrected chi connectivity index (χ2v) is 6.65. The predicted molar refractivity (Wildman–Crippen MR) is 109 cm³/mol. The molecule has 0 bridgehead atoms. The Kier molecular flexibility index (Phi) is 3.84. The van der Waals surface area contributed by atoms with E-state index in [9.17, 15) is 14.0 Å². The van der Waals surface area contributed by atoms with Crippen LogP contribution in [0.1, 0.15) is 32.0 Å². The number of para-hydroxylation sites is 2. The van der Waals surface area contributed by atoms with Gasteiger partial charge in [0.1, 0.15) is 5.82 Å². The zero-order valence-electron chi connectivity index (χ0n) is 15.1. The van der Waals surface area contributed by atoms with Gasteiger partial charge in [0, 0.05) is 5.39 Å². The van der Waals surface area contributed by atoms with Crippen LogP contribution in [0.15, 0.2) is 66.7 Å². The van der Waals surface area contributed by atoms with E-state index in [0.717, 1.165) is 21.5 Å². The van der Waals surface area contributed by atoms with Crippen LogP contribution in [0.4, 0.5) is 10.1 Å². The van der Waals surface area contributed by atoms with Gasteiger partial charge in [0.2, 0.25) is 0 Å². The minimum absolute atomic E-state index is 0.0760. The Hall–Kier alpha value is -4.06. The molecule has 4 aromatic rings. The summed E-state index contributed by atoms with van der Waals surface area (Å²) in [5.41, 5.74) is 2.59. The number of carbonyl (C=O) groups is 2. The highest BCUT2D eigenvalue weighted by Crippen LogP contribution is 2.33. The first-order valence-electron chi connectivity index (χ1n) is 9.02. The molecule has 2 heterocycles. The molecule has 0 aliphatic carbocycles. The zero-order valence-corrected chi connectivity index (χ0v) is 15.1. The van der Waals surface area contributed by atoms with Crippen molar-refractivity contribution in [1.29, 1.82) is 0 Å². The van der Waals surface area contributed by atoms with E-state index in [2.05, 4.69) is 10.2 Å². The number of aromatic amines is 1. The highest BCUT2D eigenvalue weighted by atomic mass is 19.1. The number of hydrogen-bond acceptors (Lipinski definition) is 3. The van der Waals surface area contributed by atoms with Gasteiger partial charge in [0.25, 0.3) is 11.8 Å². The molecule has 0 atom stereocenters. The van der Waals surface area contributed by atoms with Gasteiger partial charge >= 0.3 is 0 Å². The summed E-state index contributed by atoms with van der Waals surface area (Å²) in [4.78, 5) is 26.7. The second-order valence-electron chi connectivity index (χ2n) is 6.65. The Balaban J connectivity index is 1.57. The van der Waals surface area contributed by atoms with Crippen molar-refractivity contribution >= 4 is 40.6 Å². The maximum atomic E-state index is 14.2. The molecule has 1 N–H and O–H groups in total. The Labute approximate surface area is 165 Å². The molecule has 0 radical (unpaired) electrons. The van der Waals surface area contributed by atoms with Crippen LogP contribution in [-0.2, 0) is 0 Å². The largest absolute Gasteiger partial charge is 0.277 e. The van der Waals surface area contributed by atoms with E-state index in [4.69, 9.17) is 0 Å². The van der Waals surface area contributed by atoms with Gasteiger partial charge in [-0.15, -0.1) is 0 Å². The van der Waals surface area contributed by atoms with Gasteiger partial charge in [-0.3, -0.25) is 14.7 Å². The lowest BCUT2D eigenvalue weighted by Crippen LogP contribution is -2.30. The van der Waals surface area contributed by atoms with Gasteiger partial charge in [-0.1, -0.05) is 48.5 Å². The molecule has 0 saturated carbocycles. The maximum Gasteiger partial charge on any atom is 0.269 e. The Bertz CT molecular complexity index is 1320. The molecular weight excluding hydrogens is 369 g/mol. The molecule has 0 unspecified atom stereocenters. The summed E-state index contributed by atoms with van der Waals surface area (Å²) in [5.74, 6) is -1.89. The fourth-order valence-corrected chi connectivity index (χ4v) is 3.58. The number of anilines is 1. The topological polar surface area (TPSA) is 66.1 Å². The SMILES string of the molecule is O=C1c2cccc(F)c2C(=O)N1c1ccccc1C=Cc1n[nH]c2ccccc12. The number of benzene rings is 3. The van der Waals surface area contributed by atoms with Gasteiger partial charge in [-0.05, 0) is 35.9 Å². The minimum atomic E-state index is -0.695. The Morgan fingerprint density at radius 1 is 0.862 bits per heavy atom. The number of rotatable bonds is 3. The molecule has 0 saturated heterocycles. The predicted octanol–water partition coefficient (Wildman–Crippen LogP) is 4.67. The fraction of sp³-hybridized carbons (Fsp3) is 0. The van der Waals surface area contributed by atoms with Gasteiger partial charge in [0.05, 0.1) is 28.0 Å². The smallest absolute Gasteiger partial charge is 0.269 e. The quantitative estimate of drug-likeness (QED) is 0.523. The van der Waals surface area contributed by atoms with E-state index in [1.165, 1.54) is 18.2 Å². The molecule has 1 aliphatic rings. The lowest BCUT2D eigenvalue weighted by molar-refractivity contribution is 0.0925. The van der Waals surface area contributed by atoms with Gasteiger partial charge in [0.15, 0.2) is 0 Å². The summed E-state index contributed by atoms with van der Waals surface area (Å²) in [6.07, 6.45) is 3.61. The zero-order chi connectivity index (χ0) is 20.0. The molecule has 6 heteroatoms. The molecule has 3 aromatic carbocycles. The molecule has 140 valence electrons. The Morgan fingerprint density at radius 3 is 2.52 bits per heavy atom. The first kappa shape index (κ1) is 17.1. The first-order valence-corrected chi connectivity index (χ1v) is 9.02. The van der Waals surface area contributed by atoms with Gasteiger partial charge in [-0.25, -0.2) is 9.29 Å². The van der Waals surface area contributed by atoms with Crippen LogP contribution >= 0.6 is 0 Å². The third kappa shape index (κ3) is 2.65. The number of fused-ring (bicyclic) bond motifs is 2. The third-order valence-electron chi connectivity index (χ3n) is 4.96. The van der Waals surface area contributed by atoms with Crippen molar-refractivity contribution in [3.05, 3.63) is 94.9 Å². The number of carbonyl (C=O) groups excluding carboxylic acids is 2. The summed E-state index contributed by atoms with van der Waals surface area (Å²) in [5, 5.41) is 8.23. The molecule has 5 nitrogen and oxygen atoms in total. The van der Waals surface area contributed by atoms with E-state index in [1.54, 1.807) is 24.3 Å². The summed E-state index contributed by atoms with van der Waals surface area (Å²) < 4.78 is 14.2. The number of H-pyrrole nitrogens is 1. The van der Waals surface area contributed by atoms with E-state index in [1.807, 2.05) is 36.4 Å². The molecule has 1 aliphatic heterocycles. The van der Waals surface area contributed by atoms with Gasteiger partial charge < -0.3 is 0 Å². The van der Waals surface area contributed by atoms with Gasteiger partial charge in [-0.2, -0.15) is 5.10 Å². The van der Waals surface area contributed by atoms with Crippen molar-refractivity contribution in [3.8, 4) is 0 Å². The number of nitrogens with zero attached hydrogens (tertiary/aromatic N) is 2. The van der Waals surface area contributed by atoms with Crippen LogP contribution in [0.25, 0.3) is 23.1 Å². The lowest BCUT2D eigenvalue weighted by atomic mass is 10.1. The summed E-state index contributed by atoms with van der Waals surface area (Å²) in [6.45, 7) is 0. The number of halogens is 1. The number of nitrogens with one attached hydrogen (secondary N) is 1. The molecule has 0 fully saturated rings. The highest BCUT2D eigenvalue weighted by molar-refractivity contribution is 6.35. The van der Waals surface area contributed by atoms with Crippen molar-refractivity contribution in [2.75, 3.05) is 4.90 Å². The summed E-state index contributed by atoms with van der Waals surface area (Å²) in [6, 6.07) is 18.8. The number of amides is 2. The van der Waals surface area contributed by atoms with Crippen molar-refractivity contribution in [1.82, 2.24) is 10.2 Å². The van der Waals surface area contributed by atoms with Crippen LogP contribution in [0.2, 0.25) is 0 Å². The molecule has 5 rings (SSSR count). The highest BCUT2D eigenvalue weighted by Gasteiger charge is 2.39. The molecule has 29 heavy (non-hydrogen) atoms. The van der Waals surface area contributed by atoms with E-state index in [0.29, 0.717) is 11.3 Å². The van der Waals surface area contributed by atoms with E-state index in [-0.39, 0.29) is 11.1 Å². The van der Waals surface area contributed by atoms with E-state index < -0.39 is 17.6 Å². The van der Waals surface area contributed by atoms with Crippen LogP contribution in [0, 0.1) is 5.82 Å². The van der Waals surface area contributed by atoms with Crippen molar-refractivity contribution in [3.63, 3.8) is 0 Å². The molecule has 0 spiro atoms. The number of imide groups is 1. The molecular formula is C23H14FN3O2. The van der Waals surface area contributed by atoms with Crippen LogP contribution in [0.5, 0.6) is 0 Å². The maximum absolute atomic E-state index is 14.2. The number of aromatic nitrogens is 2. The van der Waals surface area contributed by atoms with E-state index >= 15 is 0 Å². The Morgan fingerprint density at radius 2 is 1.66 bits per heavy atom. The summed E-state index contributed by atoms with van der Waals surface area (Å²) >= 11 is 0. The van der Waals surface area contributed by atoms with Crippen molar-refractivity contribution in [2.45, 2.75) is 0 Å². The van der Waals surface area contributed by atoms with Crippen molar-refractivity contribution < 1.29 is 14.0 Å². The standard InChI is InChI=1S/C23H14FN3O2/c24-17-9-5-8-16-21(17)23(29)27(22(16)28)20-11-4-1-6-14(20)12-13-19-15-7-2-3-10-18(15)25-26-19/h1-13H,(H,25,26). The minimum Gasteiger partial charge on any atom is -0.277 e. The van der Waals surface area contributed by atoms with Crippen LogP contribution in [0.3, 0.4) is 0 Å². The van der Waals surface area contributed by atoms with Crippen molar-refractivity contribution in [2.24, 2.45) is 0 Å². The second kappa shape index (κ2) is 6.53. The lowest BCUT2D eigenvalue weighted by Gasteiger charge is -2.16. The number of hydrogen-bond donors (Lipinski definition) is 1. The average molecular weight is 383 g/mol. The summed E-state index contributed by atoms with van der Waals surface area (Å²) in [7, 11) is 0. The molecule has 1 aromatic heterocycles. The monoisotopic (exact) mass is 383 g/mol.